The minimum Gasteiger partial charge on any atom is -0.351 e. The molecule has 1 aromatic rings. The number of hydrogen-bond donors (Lipinski definition) is 3. The summed E-state index contributed by atoms with van der Waals surface area (Å²) in [5.41, 5.74) is 0. The van der Waals surface area contributed by atoms with Gasteiger partial charge in [0.25, 0.3) is 0 Å². The molecule has 0 amide bonds. The van der Waals surface area contributed by atoms with Gasteiger partial charge in [-0.25, -0.2) is 9.55 Å². The number of phosphoric acid groups is 1. The van der Waals surface area contributed by atoms with Crippen LogP contribution in [0.25, 0.3) is 0 Å². The molecular weight excluding hydrogens is 255 g/mol. The molecule has 0 aliphatic heterocycles. The van der Waals surface area contributed by atoms with Crippen LogP contribution in [0, 0.1) is 0 Å². The molecule has 0 atom stereocenters. The molecule has 1 rings (SSSR count). The largest absolute Gasteiger partial charge is 0.469 e. The zero-order valence-electron chi connectivity index (χ0n) is 10.8. The highest BCUT2D eigenvalue weighted by Crippen LogP contribution is 2.35. The van der Waals surface area contributed by atoms with Crippen LogP contribution in [0.2, 0.25) is 0 Å². The molecule has 6 nitrogen and oxygen atoms in total. The Balaban J connectivity index is 0.000000473. The van der Waals surface area contributed by atoms with Crippen molar-refractivity contribution in [3.63, 3.8) is 0 Å². The van der Waals surface area contributed by atoms with E-state index in [9.17, 15) is 4.57 Å². The van der Waals surface area contributed by atoms with Crippen molar-refractivity contribution < 1.29 is 18.9 Å². The van der Waals surface area contributed by atoms with Crippen LogP contribution in [0.4, 0.5) is 0 Å². The van der Waals surface area contributed by atoms with Crippen LogP contribution in [-0.4, -0.2) is 26.4 Å². The molecule has 1 heterocycles. The molecule has 0 saturated carbocycles. The molecule has 18 heavy (non-hydrogen) atoms. The van der Waals surface area contributed by atoms with E-state index in [1.54, 1.807) is 18.7 Å². The lowest BCUT2D eigenvalue weighted by atomic mass is 10.1. The number of hydrogen-bond acceptors (Lipinski definition) is 3. The summed E-state index contributed by atoms with van der Waals surface area (Å²) in [7, 11) is -4.23. The van der Waals surface area contributed by atoms with Crippen LogP contribution < -0.4 is 0 Å². The van der Waals surface area contributed by atoms with Gasteiger partial charge >= 0.3 is 7.82 Å². The average Bonchev–Trinajstić information content (AvgIpc) is 2.85. The second kappa shape index (κ2) is 11.4. The first kappa shape index (κ1) is 17.3. The molecular formula is C11H23N2O4P. The van der Waals surface area contributed by atoms with Crippen molar-refractivity contribution in [3.05, 3.63) is 18.7 Å². The summed E-state index contributed by atoms with van der Waals surface area (Å²) in [5.74, 6) is 0. The van der Waals surface area contributed by atoms with Crippen molar-refractivity contribution in [2.24, 2.45) is 0 Å². The smallest absolute Gasteiger partial charge is 0.351 e. The summed E-state index contributed by atoms with van der Waals surface area (Å²) >= 11 is 0. The van der Waals surface area contributed by atoms with Crippen LogP contribution in [0.15, 0.2) is 18.7 Å². The maximum absolute atomic E-state index is 10.2. The fraction of sp³-hybridized carbons (Fsp3) is 0.727. The minimum atomic E-state index is -4.23. The quantitative estimate of drug-likeness (QED) is 0.502. The van der Waals surface area contributed by atoms with Gasteiger partial charge in [-0.15, -0.1) is 0 Å². The molecule has 0 spiro atoms. The summed E-state index contributed by atoms with van der Waals surface area (Å²) in [6, 6.07) is 0. The first-order chi connectivity index (χ1) is 8.56. The van der Waals surface area contributed by atoms with Crippen LogP contribution in [-0.2, 0) is 9.09 Å². The lowest BCUT2D eigenvalue weighted by molar-refractivity contribution is 0.193. The Labute approximate surface area is 108 Å². The van der Waals surface area contributed by atoms with E-state index in [-0.39, 0.29) is 6.61 Å². The van der Waals surface area contributed by atoms with E-state index in [4.69, 9.17) is 9.79 Å². The van der Waals surface area contributed by atoms with E-state index in [1.165, 1.54) is 19.3 Å². The van der Waals surface area contributed by atoms with Crippen molar-refractivity contribution in [2.75, 3.05) is 6.61 Å². The van der Waals surface area contributed by atoms with E-state index in [0.717, 1.165) is 19.3 Å². The first-order valence-electron chi connectivity index (χ1n) is 6.19. The fourth-order valence-electron chi connectivity index (χ4n) is 1.28. The summed E-state index contributed by atoms with van der Waals surface area (Å²) in [6.07, 6.45) is 11.6. The summed E-state index contributed by atoms with van der Waals surface area (Å²) in [4.78, 5) is 23.1. The third-order valence-corrected chi connectivity index (χ3v) is 2.68. The van der Waals surface area contributed by atoms with E-state index in [2.05, 4.69) is 21.4 Å². The Hall–Kier alpha value is -0.680. The van der Waals surface area contributed by atoms with Crippen LogP contribution in [0.5, 0.6) is 0 Å². The summed E-state index contributed by atoms with van der Waals surface area (Å²) < 4.78 is 14.5. The zero-order valence-corrected chi connectivity index (χ0v) is 11.7. The van der Waals surface area contributed by atoms with Gasteiger partial charge in [0, 0.05) is 12.4 Å². The van der Waals surface area contributed by atoms with Crippen LogP contribution in [0.3, 0.4) is 0 Å². The van der Waals surface area contributed by atoms with Crippen LogP contribution in [0.1, 0.15) is 45.4 Å². The van der Waals surface area contributed by atoms with Crippen molar-refractivity contribution in [1.29, 1.82) is 0 Å². The predicted octanol–water partition coefficient (Wildman–Crippen LogP) is 2.87. The SMILES string of the molecule is CCCCCCCCOP(=O)(O)O.c1c[nH]cn1. The van der Waals surface area contributed by atoms with Gasteiger partial charge in [0.15, 0.2) is 0 Å². The highest BCUT2D eigenvalue weighted by Gasteiger charge is 2.12. The number of aromatic nitrogens is 2. The van der Waals surface area contributed by atoms with Crippen molar-refractivity contribution in [3.8, 4) is 0 Å². The Morgan fingerprint density at radius 1 is 1.22 bits per heavy atom. The highest BCUT2D eigenvalue weighted by molar-refractivity contribution is 7.46. The van der Waals surface area contributed by atoms with E-state index >= 15 is 0 Å². The van der Waals surface area contributed by atoms with Crippen LogP contribution >= 0.6 is 7.82 Å². The van der Waals surface area contributed by atoms with Gasteiger partial charge in [0.1, 0.15) is 0 Å². The lowest BCUT2D eigenvalue weighted by Crippen LogP contribution is -1.92. The topological polar surface area (TPSA) is 95.4 Å². The standard InChI is InChI=1S/C8H19O4P.C3H4N2/c1-2-3-4-5-6-7-8-12-13(9,10)11;1-2-5-3-4-1/h2-8H2,1H3,(H2,9,10,11);1-3H,(H,4,5). The maximum Gasteiger partial charge on any atom is 0.469 e. The zero-order chi connectivity index (χ0) is 13.7. The Morgan fingerprint density at radius 2 is 1.89 bits per heavy atom. The lowest BCUT2D eigenvalue weighted by Gasteiger charge is -2.04. The van der Waals surface area contributed by atoms with Gasteiger partial charge in [-0.05, 0) is 6.42 Å². The number of H-pyrrole nitrogens is 1. The Kier molecular flexibility index (Phi) is 11.0. The number of nitrogens with one attached hydrogen (secondary N) is 1. The number of aromatic amines is 1. The number of unbranched alkanes of at least 4 members (excludes halogenated alkanes) is 5. The number of rotatable bonds is 8. The molecule has 0 aliphatic carbocycles. The van der Waals surface area contributed by atoms with Gasteiger partial charge in [0.2, 0.25) is 0 Å². The number of phosphoric ester groups is 1. The van der Waals surface area contributed by atoms with E-state index < -0.39 is 7.82 Å². The molecule has 7 heteroatoms. The van der Waals surface area contributed by atoms with Crippen molar-refractivity contribution in [1.82, 2.24) is 9.97 Å². The van der Waals surface area contributed by atoms with E-state index in [0.29, 0.717) is 0 Å². The molecule has 0 aromatic carbocycles. The molecule has 3 N–H and O–H groups in total. The molecule has 0 saturated heterocycles. The van der Waals surface area contributed by atoms with Gasteiger partial charge < -0.3 is 14.8 Å². The number of nitrogens with zero attached hydrogens (tertiary/aromatic N) is 1. The second-order valence-corrected chi connectivity index (χ2v) is 5.09. The average molecular weight is 278 g/mol. The maximum atomic E-state index is 10.2. The highest BCUT2D eigenvalue weighted by atomic mass is 31.2. The van der Waals surface area contributed by atoms with Gasteiger partial charge in [-0.2, -0.15) is 0 Å². The third-order valence-electron chi connectivity index (χ3n) is 2.16. The molecule has 0 radical (unpaired) electrons. The van der Waals surface area contributed by atoms with Gasteiger partial charge in [0.05, 0.1) is 12.9 Å². The van der Waals surface area contributed by atoms with E-state index in [1.807, 2.05) is 0 Å². The molecule has 0 bridgehead atoms. The summed E-state index contributed by atoms with van der Waals surface area (Å²) in [6.45, 7) is 2.31. The molecule has 0 unspecified atom stereocenters. The first-order valence-corrected chi connectivity index (χ1v) is 7.72. The molecule has 106 valence electrons. The predicted molar refractivity (Wildman–Crippen MR) is 70.0 cm³/mol. The monoisotopic (exact) mass is 278 g/mol. The van der Waals surface area contributed by atoms with Gasteiger partial charge in [-0.3, -0.25) is 4.52 Å². The minimum absolute atomic E-state index is 0.163. The normalized spacial score (nSPS) is 10.8. The molecule has 0 aliphatic rings. The van der Waals surface area contributed by atoms with Crippen molar-refractivity contribution >= 4 is 7.82 Å². The van der Waals surface area contributed by atoms with Gasteiger partial charge in [-0.1, -0.05) is 39.0 Å². The Bertz CT molecular complexity index is 283. The summed E-state index contributed by atoms with van der Waals surface area (Å²) in [5, 5.41) is 0. The third kappa shape index (κ3) is 15.3. The number of imidazole rings is 1. The molecule has 1 aromatic heterocycles. The fourth-order valence-corrected chi connectivity index (χ4v) is 1.65. The second-order valence-electron chi connectivity index (χ2n) is 3.85. The molecule has 0 fully saturated rings. The Morgan fingerprint density at radius 3 is 2.33 bits per heavy atom. The van der Waals surface area contributed by atoms with Crippen molar-refractivity contribution in [2.45, 2.75) is 45.4 Å².